The molecule has 12 heteroatoms. The summed E-state index contributed by atoms with van der Waals surface area (Å²) in [5, 5.41) is 4.74. The Bertz CT molecular complexity index is 1000. The first kappa shape index (κ1) is 25.6. The molecule has 36 heavy (non-hydrogen) atoms. The van der Waals surface area contributed by atoms with Gasteiger partial charge in [0, 0.05) is 43.9 Å². The molecule has 196 valence electrons. The number of rotatable bonds is 9. The second-order valence-corrected chi connectivity index (χ2v) is 9.75. The minimum atomic E-state index is -0.708. The van der Waals surface area contributed by atoms with E-state index in [1.165, 1.54) is 12.1 Å². The maximum Gasteiger partial charge on any atom is 0.407 e. The molecule has 3 fully saturated rings. The molecule has 10 nitrogen and oxygen atoms in total. The summed E-state index contributed by atoms with van der Waals surface area (Å²) in [7, 11) is 1.78. The molecule has 2 heterocycles. The third-order valence-corrected chi connectivity index (χ3v) is 6.94. The Labute approximate surface area is 207 Å². The van der Waals surface area contributed by atoms with E-state index in [4.69, 9.17) is 4.74 Å². The number of alkyl carbamates (subject to hydrolysis) is 1. The lowest BCUT2D eigenvalue weighted by molar-refractivity contribution is -0.125. The molecular weight excluding hydrogens is 476 g/mol. The van der Waals surface area contributed by atoms with Crippen molar-refractivity contribution in [3.05, 3.63) is 29.3 Å². The number of anilines is 1. The Balaban J connectivity index is 1.19. The lowest BCUT2D eigenvalue weighted by atomic mass is 9.94. The number of likely N-dealkylation sites (tertiary alicyclic amines) is 1. The van der Waals surface area contributed by atoms with Gasteiger partial charge in [0.2, 0.25) is 12.3 Å². The Hall–Kier alpha value is -3.44. The van der Waals surface area contributed by atoms with Crippen LogP contribution in [0.25, 0.3) is 0 Å². The monoisotopic (exact) mass is 507 g/mol. The Kier molecular flexibility index (Phi) is 7.60. The first-order valence-corrected chi connectivity index (χ1v) is 12.1. The minimum Gasteiger partial charge on any atom is -0.442 e. The maximum atomic E-state index is 14.7. The Morgan fingerprint density at radius 1 is 1.17 bits per heavy atom. The highest BCUT2D eigenvalue weighted by Crippen LogP contribution is 2.32. The number of ether oxygens (including phenoxy) is 1. The van der Waals surface area contributed by atoms with Crippen molar-refractivity contribution in [1.82, 2.24) is 20.4 Å². The predicted molar refractivity (Wildman–Crippen MR) is 125 cm³/mol. The highest BCUT2D eigenvalue weighted by molar-refractivity contribution is 5.85. The highest BCUT2D eigenvalue weighted by atomic mass is 19.1. The molecule has 1 unspecified atom stereocenters. The van der Waals surface area contributed by atoms with Crippen LogP contribution in [0.15, 0.2) is 12.1 Å². The van der Waals surface area contributed by atoms with Gasteiger partial charge >= 0.3 is 12.1 Å². The van der Waals surface area contributed by atoms with Crippen LogP contribution in [0.5, 0.6) is 0 Å². The fourth-order valence-electron chi connectivity index (χ4n) is 4.50. The molecule has 2 aliphatic heterocycles. The lowest BCUT2D eigenvalue weighted by Crippen LogP contribution is -2.62. The molecule has 0 aromatic heterocycles. The Morgan fingerprint density at radius 2 is 1.81 bits per heavy atom. The number of hydrogen-bond acceptors (Lipinski definition) is 6. The van der Waals surface area contributed by atoms with Crippen molar-refractivity contribution in [3.8, 4) is 0 Å². The SMILES string of the molecule is CC(CCC(=O)NC=O)c1c(F)cc(N2CC(NC(=O)OC3CN(C(=O)N(C)C4CC4)C3)C2)cc1F. The molecule has 0 bridgehead atoms. The quantitative estimate of drug-likeness (QED) is 0.495. The number of urea groups is 1. The largest absolute Gasteiger partial charge is 0.442 e. The van der Waals surface area contributed by atoms with Gasteiger partial charge in [-0.05, 0) is 37.3 Å². The van der Waals surface area contributed by atoms with Crippen LogP contribution in [0.4, 0.5) is 24.1 Å². The van der Waals surface area contributed by atoms with E-state index in [1.807, 2.05) is 5.32 Å². The van der Waals surface area contributed by atoms with E-state index in [9.17, 15) is 28.0 Å². The lowest BCUT2D eigenvalue weighted by Gasteiger charge is -2.43. The van der Waals surface area contributed by atoms with Crippen LogP contribution in [0, 0.1) is 11.6 Å². The summed E-state index contributed by atoms with van der Waals surface area (Å²) in [6.45, 7) is 3.09. The number of amides is 5. The normalized spacial score (nSPS) is 18.6. The van der Waals surface area contributed by atoms with Gasteiger partial charge in [-0.25, -0.2) is 18.4 Å². The summed E-state index contributed by atoms with van der Waals surface area (Å²) in [5.74, 6) is -2.47. The molecule has 1 aromatic carbocycles. The van der Waals surface area contributed by atoms with Gasteiger partial charge in [-0.15, -0.1) is 0 Å². The number of benzene rings is 1. The minimum absolute atomic E-state index is 0.0250. The van der Waals surface area contributed by atoms with Crippen LogP contribution < -0.4 is 15.5 Å². The van der Waals surface area contributed by atoms with Crippen LogP contribution in [-0.4, -0.2) is 85.7 Å². The number of nitrogens with one attached hydrogen (secondary N) is 2. The van der Waals surface area contributed by atoms with E-state index >= 15 is 0 Å². The van der Waals surface area contributed by atoms with Crippen molar-refractivity contribution in [1.29, 1.82) is 0 Å². The summed E-state index contributed by atoms with van der Waals surface area (Å²) in [6, 6.07) is 2.54. The van der Waals surface area contributed by atoms with Crippen molar-refractivity contribution in [2.75, 3.05) is 38.1 Å². The number of imide groups is 1. The predicted octanol–water partition coefficient (Wildman–Crippen LogP) is 1.93. The summed E-state index contributed by atoms with van der Waals surface area (Å²) < 4.78 is 34.7. The molecular formula is C24H31F2N5O5. The van der Waals surface area contributed by atoms with Crippen molar-refractivity contribution in [2.24, 2.45) is 0 Å². The number of carbonyl (C=O) groups is 4. The van der Waals surface area contributed by atoms with Gasteiger partial charge in [0.1, 0.15) is 17.7 Å². The summed E-state index contributed by atoms with van der Waals surface area (Å²) in [6.07, 6.45) is 1.58. The molecule has 2 N–H and O–H groups in total. The van der Waals surface area contributed by atoms with Gasteiger partial charge in [-0.2, -0.15) is 0 Å². The Morgan fingerprint density at radius 3 is 2.39 bits per heavy atom. The number of carbonyl (C=O) groups excluding carboxylic acids is 4. The van der Waals surface area contributed by atoms with E-state index < -0.39 is 29.6 Å². The van der Waals surface area contributed by atoms with Crippen LogP contribution in [0.2, 0.25) is 0 Å². The topological polar surface area (TPSA) is 111 Å². The highest BCUT2D eigenvalue weighted by Gasteiger charge is 2.39. The van der Waals surface area contributed by atoms with Crippen LogP contribution in [0.1, 0.15) is 44.1 Å². The number of nitrogens with zero attached hydrogens (tertiary/aromatic N) is 3. The molecule has 3 aliphatic rings. The fraction of sp³-hybridized carbons (Fsp3) is 0.583. The zero-order valence-corrected chi connectivity index (χ0v) is 20.3. The molecule has 1 aromatic rings. The van der Waals surface area contributed by atoms with Gasteiger partial charge in [-0.1, -0.05) is 6.92 Å². The summed E-state index contributed by atoms with van der Waals surface area (Å²) in [5.41, 5.74) is 0.256. The van der Waals surface area contributed by atoms with Crippen molar-refractivity contribution >= 4 is 30.1 Å². The first-order chi connectivity index (χ1) is 17.2. The second-order valence-electron chi connectivity index (χ2n) is 9.75. The fourth-order valence-corrected chi connectivity index (χ4v) is 4.50. The standard InChI is InChI=1S/C24H31F2N5O5/c1-14(3-6-21(33)27-13-32)22-19(25)7-17(8-20(22)26)30-9-15(10-30)28-23(34)36-18-11-31(12-18)24(35)29(2)16-4-5-16/h7-8,13-16,18H,3-6,9-12H2,1-2H3,(H,28,34)(H,27,32,33). The number of hydrogen-bond donors (Lipinski definition) is 2. The smallest absolute Gasteiger partial charge is 0.407 e. The van der Waals surface area contributed by atoms with Crippen LogP contribution in [0.3, 0.4) is 0 Å². The molecule has 1 aliphatic carbocycles. The zero-order chi connectivity index (χ0) is 26.0. The molecule has 4 rings (SSSR count). The number of halogens is 2. The molecule has 2 saturated heterocycles. The van der Waals surface area contributed by atoms with Crippen molar-refractivity contribution in [2.45, 2.75) is 56.7 Å². The third-order valence-electron chi connectivity index (χ3n) is 6.94. The van der Waals surface area contributed by atoms with E-state index in [0.29, 0.717) is 37.9 Å². The maximum absolute atomic E-state index is 14.7. The third kappa shape index (κ3) is 5.85. The zero-order valence-electron chi connectivity index (χ0n) is 20.3. The van der Waals surface area contributed by atoms with Crippen LogP contribution >= 0.6 is 0 Å². The first-order valence-electron chi connectivity index (χ1n) is 12.1. The summed E-state index contributed by atoms with van der Waals surface area (Å²) in [4.78, 5) is 51.2. The van der Waals surface area contributed by atoms with Gasteiger partial charge in [0.25, 0.3) is 0 Å². The summed E-state index contributed by atoms with van der Waals surface area (Å²) >= 11 is 0. The van der Waals surface area contributed by atoms with Crippen LogP contribution in [-0.2, 0) is 14.3 Å². The van der Waals surface area contributed by atoms with E-state index in [2.05, 4.69) is 5.32 Å². The molecule has 0 radical (unpaired) electrons. The van der Waals surface area contributed by atoms with E-state index in [-0.39, 0.29) is 43.0 Å². The van der Waals surface area contributed by atoms with Gasteiger partial charge in [0.05, 0.1) is 19.1 Å². The van der Waals surface area contributed by atoms with Gasteiger partial charge < -0.3 is 24.8 Å². The molecule has 0 spiro atoms. The molecule has 5 amide bonds. The van der Waals surface area contributed by atoms with E-state index in [0.717, 1.165) is 12.8 Å². The second kappa shape index (κ2) is 10.7. The van der Waals surface area contributed by atoms with Crippen molar-refractivity contribution < 1.29 is 32.7 Å². The van der Waals surface area contributed by atoms with Gasteiger partial charge in [-0.3, -0.25) is 14.9 Å². The average Bonchev–Trinajstić information content (AvgIpc) is 3.61. The van der Waals surface area contributed by atoms with Gasteiger partial charge in [0.15, 0.2) is 0 Å². The van der Waals surface area contributed by atoms with E-state index in [1.54, 1.807) is 28.7 Å². The molecule has 1 atom stereocenters. The van der Waals surface area contributed by atoms with Crippen molar-refractivity contribution in [3.63, 3.8) is 0 Å². The molecule has 1 saturated carbocycles. The average molecular weight is 508 g/mol.